The molecule has 0 radical (unpaired) electrons. The molecule has 4 N–H and O–H groups in total. The van der Waals surface area contributed by atoms with Crippen LogP contribution in [0.15, 0.2) is 22.3 Å². The van der Waals surface area contributed by atoms with Gasteiger partial charge in [0.25, 0.3) is 0 Å². The van der Waals surface area contributed by atoms with E-state index in [2.05, 4.69) is 15.3 Å². The number of nitrogens with zero attached hydrogens (tertiary/aromatic N) is 4. The van der Waals surface area contributed by atoms with Crippen LogP contribution >= 0.6 is 11.6 Å². The van der Waals surface area contributed by atoms with Crippen molar-refractivity contribution in [3.05, 3.63) is 34.5 Å². The van der Waals surface area contributed by atoms with Crippen molar-refractivity contribution in [3.63, 3.8) is 0 Å². The number of methoxy groups -OCH3 is 1. The number of guanidine groups is 1. The normalized spacial score (nSPS) is 29.1. The van der Waals surface area contributed by atoms with Gasteiger partial charge in [0.05, 0.1) is 37.0 Å². The number of nitrogens with two attached hydrogens (primary N) is 1. The van der Waals surface area contributed by atoms with Gasteiger partial charge in [0.2, 0.25) is 0 Å². The van der Waals surface area contributed by atoms with Crippen LogP contribution in [0.25, 0.3) is 11.0 Å². The third kappa shape index (κ3) is 4.78. The zero-order valence-corrected chi connectivity index (χ0v) is 22.4. The Kier molecular flexibility index (Phi) is 7.02. The van der Waals surface area contributed by atoms with Crippen molar-refractivity contribution in [2.75, 3.05) is 26.8 Å². The Bertz CT molecular complexity index is 1350. The third-order valence-corrected chi connectivity index (χ3v) is 8.38. The molecule has 5 aliphatic rings. The van der Waals surface area contributed by atoms with E-state index in [1.807, 2.05) is 4.57 Å². The summed E-state index contributed by atoms with van der Waals surface area (Å²) in [5, 5.41) is 12.4. The minimum Gasteiger partial charge on any atom is -0.489 e. The first-order chi connectivity index (χ1) is 18.8. The first kappa shape index (κ1) is 26.1. The molecule has 13 heteroatoms. The summed E-state index contributed by atoms with van der Waals surface area (Å²) in [6.45, 7) is 1.99. The molecule has 0 spiro atoms. The summed E-state index contributed by atoms with van der Waals surface area (Å²) in [6, 6.07) is 0.704. The number of aliphatic imine (C=N–C) groups is 1. The fraction of sp³-hybridized carbons (Fsp3) is 0.577. The van der Waals surface area contributed by atoms with Gasteiger partial charge in [0.15, 0.2) is 17.5 Å². The van der Waals surface area contributed by atoms with Crippen molar-refractivity contribution < 1.29 is 28.5 Å². The minimum atomic E-state index is -0.659. The predicted molar refractivity (Wildman–Crippen MR) is 141 cm³/mol. The van der Waals surface area contributed by atoms with Crippen LogP contribution in [0.1, 0.15) is 55.5 Å². The molecule has 3 fully saturated rings. The van der Waals surface area contributed by atoms with Gasteiger partial charge >= 0.3 is 6.09 Å². The Morgan fingerprint density at radius 2 is 2.10 bits per heavy atom. The van der Waals surface area contributed by atoms with Gasteiger partial charge in [0.1, 0.15) is 29.5 Å². The average molecular weight is 563 g/mol. The SMILES string of the molecule is COC(=O)N1CCC(c2nc3c(F)cc(C4N=C(N)NC=C4Cl)c4c3n2CCO4)C1.OC1CCC2CCC1O2. The molecule has 3 saturated heterocycles. The molecule has 0 aliphatic carbocycles. The van der Waals surface area contributed by atoms with Gasteiger partial charge in [-0.2, -0.15) is 0 Å². The molecule has 1 aromatic carbocycles. The van der Waals surface area contributed by atoms with E-state index in [4.69, 9.17) is 31.5 Å². The number of hydrogen-bond donors (Lipinski definition) is 3. The molecule has 7 rings (SSSR count). The molecule has 5 aliphatic heterocycles. The Morgan fingerprint density at radius 3 is 2.90 bits per heavy atom. The Balaban J connectivity index is 0.000000258. The zero-order chi connectivity index (χ0) is 27.3. The highest BCUT2D eigenvalue weighted by molar-refractivity contribution is 6.30. The predicted octanol–water partition coefficient (Wildman–Crippen LogP) is 2.85. The standard InChI is InChI=1S/C19H20ClFN6O3.C7H12O2/c1-29-19(28)26-3-2-9(8-26)17-24-14-12(21)6-10(13-11(20)7-23-18(22)25-13)16-15(14)27(17)4-5-30-16;8-6-3-1-5-2-4-7(6)9-5/h6-7,9,13H,2-5,8H2,1H3,(H3,22,23,25);5-8H,1-4H2. The second kappa shape index (κ2) is 10.5. The maximum atomic E-state index is 15.1. The number of halogens is 2. The summed E-state index contributed by atoms with van der Waals surface area (Å²) in [5.41, 5.74) is 7.11. The van der Waals surface area contributed by atoms with Crippen LogP contribution in [0.3, 0.4) is 0 Å². The second-order valence-corrected chi connectivity index (χ2v) is 10.9. The number of nitrogens with one attached hydrogen (secondary N) is 1. The number of likely N-dealkylation sites (tertiary alicyclic amines) is 1. The van der Waals surface area contributed by atoms with E-state index >= 15 is 4.39 Å². The van der Waals surface area contributed by atoms with E-state index in [1.54, 1.807) is 4.90 Å². The number of benzene rings is 1. The van der Waals surface area contributed by atoms with Crippen LogP contribution in [0.4, 0.5) is 9.18 Å². The minimum absolute atomic E-state index is 0.0127. The molecule has 39 heavy (non-hydrogen) atoms. The van der Waals surface area contributed by atoms with E-state index < -0.39 is 11.9 Å². The van der Waals surface area contributed by atoms with Crippen LogP contribution in [0.5, 0.6) is 5.75 Å². The summed E-state index contributed by atoms with van der Waals surface area (Å²) in [5.74, 6) is 0.951. The van der Waals surface area contributed by atoms with E-state index in [-0.39, 0.29) is 35.7 Å². The number of aliphatic hydroxyl groups excluding tert-OH is 1. The van der Waals surface area contributed by atoms with Crippen LogP contribution in [0.2, 0.25) is 0 Å². The lowest BCUT2D eigenvalue weighted by Crippen LogP contribution is -2.31. The quantitative estimate of drug-likeness (QED) is 0.508. The fourth-order valence-electron chi connectivity index (χ4n) is 6.12. The van der Waals surface area contributed by atoms with E-state index in [0.717, 1.165) is 31.5 Å². The first-order valence-electron chi connectivity index (χ1n) is 13.3. The van der Waals surface area contributed by atoms with Gasteiger partial charge in [-0.3, -0.25) is 0 Å². The Labute approximate surface area is 229 Å². The summed E-state index contributed by atoms with van der Waals surface area (Å²) in [4.78, 5) is 22.4. The molecule has 5 unspecified atom stereocenters. The smallest absolute Gasteiger partial charge is 0.409 e. The van der Waals surface area contributed by atoms with Gasteiger partial charge in [0, 0.05) is 30.8 Å². The number of imidazole rings is 1. The molecule has 11 nitrogen and oxygen atoms in total. The van der Waals surface area contributed by atoms with Crippen LogP contribution in [-0.4, -0.2) is 76.7 Å². The van der Waals surface area contributed by atoms with Crippen molar-refractivity contribution in [2.24, 2.45) is 10.7 Å². The van der Waals surface area contributed by atoms with Gasteiger partial charge in [-0.1, -0.05) is 11.6 Å². The summed E-state index contributed by atoms with van der Waals surface area (Å²) in [7, 11) is 1.36. The molecule has 1 aromatic heterocycles. The second-order valence-electron chi connectivity index (χ2n) is 10.5. The molecular formula is C26H32ClFN6O5. The lowest BCUT2D eigenvalue weighted by Gasteiger charge is -2.25. The number of aliphatic hydroxyl groups is 1. The summed E-state index contributed by atoms with van der Waals surface area (Å²) >= 11 is 6.33. The number of hydrogen-bond acceptors (Lipinski definition) is 9. The third-order valence-electron chi connectivity index (χ3n) is 8.07. The van der Waals surface area contributed by atoms with Gasteiger partial charge in [-0.15, -0.1) is 0 Å². The first-order valence-corrected chi connectivity index (χ1v) is 13.7. The monoisotopic (exact) mass is 562 g/mol. The molecule has 2 bridgehead atoms. The highest BCUT2D eigenvalue weighted by atomic mass is 35.5. The van der Waals surface area contributed by atoms with Crippen molar-refractivity contribution in [1.82, 2.24) is 19.8 Å². The lowest BCUT2D eigenvalue weighted by molar-refractivity contribution is -0.0746. The molecular weight excluding hydrogens is 531 g/mol. The Hall–Kier alpha value is -3.09. The largest absolute Gasteiger partial charge is 0.489 e. The van der Waals surface area contributed by atoms with Crippen molar-refractivity contribution >= 4 is 34.7 Å². The van der Waals surface area contributed by atoms with Crippen molar-refractivity contribution in [3.8, 4) is 5.75 Å². The lowest BCUT2D eigenvalue weighted by atomic mass is 10.0. The molecule has 5 atom stereocenters. The summed E-state index contributed by atoms with van der Waals surface area (Å²) in [6.07, 6.45) is 6.67. The van der Waals surface area contributed by atoms with Crippen LogP contribution < -0.4 is 15.8 Å². The molecule has 210 valence electrons. The molecule has 2 aromatic rings. The number of rotatable bonds is 2. The number of ether oxygens (including phenoxy) is 3. The van der Waals surface area contributed by atoms with E-state index in [1.165, 1.54) is 25.8 Å². The molecule has 1 amide bonds. The van der Waals surface area contributed by atoms with Gasteiger partial charge in [-0.05, 0) is 38.2 Å². The number of fused-ring (bicyclic) bond motifs is 2. The molecule has 0 saturated carbocycles. The maximum Gasteiger partial charge on any atom is 0.409 e. The number of carbonyl (C=O) groups excluding carboxylic acids is 1. The van der Waals surface area contributed by atoms with Crippen molar-refractivity contribution in [2.45, 2.75) is 68.9 Å². The maximum absolute atomic E-state index is 15.1. The highest BCUT2D eigenvalue weighted by Gasteiger charge is 2.36. The number of carbonyl (C=O) groups is 1. The van der Waals surface area contributed by atoms with Crippen LogP contribution in [0, 0.1) is 5.82 Å². The zero-order valence-electron chi connectivity index (χ0n) is 21.6. The summed E-state index contributed by atoms with van der Waals surface area (Å²) < 4.78 is 33.3. The van der Waals surface area contributed by atoms with E-state index in [9.17, 15) is 9.90 Å². The topological polar surface area (TPSA) is 136 Å². The highest BCUT2D eigenvalue weighted by Crippen LogP contribution is 2.44. The van der Waals surface area contributed by atoms with Gasteiger partial charge in [-0.25, -0.2) is 19.2 Å². The van der Waals surface area contributed by atoms with Gasteiger partial charge < -0.3 is 39.8 Å². The van der Waals surface area contributed by atoms with Crippen LogP contribution in [-0.2, 0) is 16.0 Å². The fourth-order valence-corrected chi connectivity index (χ4v) is 6.34. The number of aromatic nitrogens is 2. The Morgan fingerprint density at radius 1 is 1.28 bits per heavy atom. The average Bonchev–Trinajstić information content (AvgIpc) is 3.68. The molecule has 6 heterocycles. The van der Waals surface area contributed by atoms with E-state index in [0.29, 0.717) is 54.2 Å². The number of amides is 1. The van der Waals surface area contributed by atoms with Crippen molar-refractivity contribution in [1.29, 1.82) is 0 Å².